The molecule has 1 aromatic carbocycles. The molecule has 80 valence electrons. The van der Waals surface area contributed by atoms with Gasteiger partial charge in [-0.15, -0.1) is 0 Å². The lowest BCUT2D eigenvalue weighted by Gasteiger charge is -2.03. The second-order valence-corrected chi connectivity index (χ2v) is 3.21. The zero-order valence-electron chi connectivity index (χ0n) is 8.69. The van der Waals surface area contributed by atoms with E-state index in [4.69, 9.17) is 14.4 Å². The third-order valence-electron chi connectivity index (χ3n) is 2.21. The Morgan fingerprint density at radius 1 is 1.50 bits per heavy atom. The van der Waals surface area contributed by atoms with Crippen LogP contribution in [0.15, 0.2) is 28.9 Å². The van der Waals surface area contributed by atoms with Crippen LogP contribution in [-0.2, 0) is 4.79 Å². The predicted octanol–water partition coefficient (Wildman–Crippen LogP) is 2.62. The maximum atomic E-state index is 11.2. The molecule has 0 amide bonds. The third kappa shape index (κ3) is 1.63. The van der Waals surface area contributed by atoms with Crippen molar-refractivity contribution >= 4 is 16.9 Å². The molecule has 16 heavy (non-hydrogen) atoms. The first-order valence-corrected chi connectivity index (χ1v) is 4.87. The van der Waals surface area contributed by atoms with Crippen LogP contribution >= 0.6 is 0 Å². The lowest BCUT2D eigenvalue weighted by molar-refractivity contribution is -0.133. The Balaban J connectivity index is 2.52. The smallest absolute Gasteiger partial charge is 0.311 e. The van der Waals surface area contributed by atoms with Gasteiger partial charge >= 0.3 is 5.97 Å². The van der Waals surface area contributed by atoms with Crippen LogP contribution in [0, 0.1) is 11.3 Å². The Hall–Kier alpha value is -2.28. The molecule has 0 aliphatic heterocycles. The first-order chi connectivity index (χ1) is 7.76. The van der Waals surface area contributed by atoms with Gasteiger partial charge in [0, 0.05) is 11.8 Å². The van der Waals surface area contributed by atoms with Gasteiger partial charge in [-0.2, -0.15) is 5.26 Å². The van der Waals surface area contributed by atoms with Crippen LogP contribution in [0.3, 0.4) is 0 Å². The average Bonchev–Trinajstić information content (AvgIpc) is 2.78. The summed E-state index contributed by atoms with van der Waals surface area (Å²) in [5.74, 6) is 0.0215. The second kappa shape index (κ2) is 4.07. The lowest BCUT2D eigenvalue weighted by Crippen LogP contribution is -2.05. The van der Waals surface area contributed by atoms with Crippen molar-refractivity contribution in [2.45, 2.75) is 13.3 Å². The van der Waals surface area contributed by atoms with Crippen LogP contribution in [-0.4, -0.2) is 5.97 Å². The third-order valence-corrected chi connectivity index (χ3v) is 2.21. The van der Waals surface area contributed by atoms with E-state index < -0.39 is 0 Å². The van der Waals surface area contributed by atoms with Crippen LogP contribution in [0.25, 0.3) is 11.0 Å². The molecule has 0 atom stereocenters. The number of carbonyl (C=O) groups is 1. The molecule has 0 unspecified atom stereocenters. The number of esters is 1. The Morgan fingerprint density at radius 2 is 2.31 bits per heavy atom. The van der Waals surface area contributed by atoms with E-state index in [1.54, 1.807) is 25.1 Å². The second-order valence-electron chi connectivity index (χ2n) is 3.21. The molecule has 1 aromatic heterocycles. The van der Waals surface area contributed by atoms with E-state index in [2.05, 4.69) is 6.07 Å². The molecule has 0 aliphatic carbocycles. The minimum Gasteiger partial charge on any atom is -0.460 e. The summed E-state index contributed by atoms with van der Waals surface area (Å²) in [6, 6.07) is 6.90. The molecule has 0 saturated heterocycles. The standard InChI is InChI=1S/C12H9NO3/c1-2-11(14)16-10-4-3-8(7-13)9-5-6-15-12(9)10/h3-6H,2H2,1H3. The Bertz CT molecular complexity index is 577. The van der Waals surface area contributed by atoms with Crippen molar-refractivity contribution < 1.29 is 13.9 Å². The number of furan rings is 1. The SMILES string of the molecule is CCC(=O)Oc1ccc(C#N)c2ccoc12. The summed E-state index contributed by atoms with van der Waals surface area (Å²) in [5, 5.41) is 9.53. The highest BCUT2D eigenvalue weighted by Crippen LogP contribution is 2.29. The minimum absolute atomic E-state index is 0.294. The maximum Gasteiger partial charge on any atom is 0.311 e. The number of carbonyl (C=O) groups excluding carboxylic acids is 1. The number of hydrogen-bond acceptors (Lipinski definition) is 4. The molecule has 0 fully saturated rings. The molecule has 0 bridgehead atoms. The molecule has 0 radical (unpaired) electrons. The van der Waals surface area contributed by atoms with E-state index in [9.17, 15) is 4.79 Å². The molecule has 0 spiro atoms. The van der Waals surface area contributed by atoms with Gasteiger partial charge in [-0.05, 0) is 18.2 Å². The van der Waals surface area contributed by atoms with Gasteiger partial charge in [-0.3, -0.25) is 4.79 Å². The van der Waals surface area contributed by atoms with Gasteiger partial charge in [0.25, 0.3) is 0 Å². The topological polar surface area (TPSA) is 63.2 Å². The monoisotopic (exact) mass is 215 g/mol. The van der Waals surface area contributed by atoms with Crippen LogP contribution in [0.2, 0.25) is 0 Å². The van der Waals surface area contributed by atoms with Gasteiger partial charge in [-0.1, -0.05) is 6.92 Å². The molecule has 0 aliphatic rings. The van der Waals surface area contributed by atoms with Crippen molar-refractivity contribution in [2.24, 2.45) is 0 Å². The van der Waals surface area contributed by atoms with E-state index in [0.717, 1.165) is 0 Å². The minimum atomic E-state index is -0.331. The highest BCUT2D eigenvalue weighted by atomic mass is 16.5. The van der Waals surface area contributed by atoms with Gasteiger partial charge in [-0.25, -0.2) is 0 Å². The first-order valence-electron chi connectivity index (χ1n) is 4.87. The fraction of sp³-hybridized carbons (Fsp3) is 0.167. The largest absolute Gasteiger partial charge is 0.460 e. The average molecular weight is 215 g/mol. The number of nitrogens with zero attached hydrogens (tertiary/aromatic N) is 1. The number of fused-ring (bicyclic) bond motifs is 1. The molecule has 1 heterocycles. The van der Waals surface area contributed by atoms with Crippen molar-refractivity contribution in [2.75, 3.05) is 0 Å². The van der Waals surface area contributed by atoms with Gasteiger partial charge < -0.3 is 9.15 Å². The van der Waals surface area contributed by atoms with Crippen molar-refractivity contribution in [1.82, 2.24) is 0 Å². The van der Waals surface area contributed by atoms with Crippen LogP contribution in [0.4, 0.5) is 0 Å². The summed E-state index contributed by atoms with van der Waals surface area (Å²) in [6.45, 7) is 1.71. The molecule has 2 aromatic rings. The summed E-state index contributed by atoms with van der Waals surface area (Å²) in [4.78, 5) is 11.2. The van der Waals surface area contributed by atoms with E-state index in [1.807, 2.05) is 0 Å². The number of ether oxygens (including phenoxy) is 1. The molecule has 0 saturated carbocycles. The normalized spacial score (nSPS) is 10.0. The van der Waals surface area contributed by atoms with Crippen LogP contribution in [0.1, 0.15) is 18.9 Å². The zero-order chi connectivity index (χ0) is 11.5. The van der Waals surface area contributed by atoms with Crippen molar-refractivity contribution in [1.29, 1.82) is 5.26 Å². The summed E-state index contributed by atoms with van der Waals surface area (Å²) in [6.07, 6.45) is 1.76. The zero-order valence-corrected chi connectivity index (χ0v) is 8.69. The summed E-state index contributed by atoms with van der Waals surface area (Å²) < 4.78 is 10.3. The molecule has 4 nitrogen and oxygen atoms in total. The van der Waals surface area contributed by atoms with Gasteiger partial charge in [0.1, 0.15) is 0 Å². The van der Waals surface area contributed by atoms with Crippen LogP contribution < -0.4 is 4.74 Å². The first kappa shape index (κ1) is 10.2. The van der Waals surface area contributed by atoms with Gasteiger partial charge in [0.05, 0.1) is 17.9 Å². The summed E-state index contributed by atoms with van der Waals surface area (Å²) in [5.41, 5.74) is 0.931. The van der Waals surface area contributed by atoms with Gasteiger partial charge in [0.2, 0.25) is 0 Å². The van der Waals surface area contributed by atoms with E-state index in [0.29, 0.717) is 28.7 Å². The Morgan fingerprint density at radius 3 is 3.00 bits per heavy atom. The molecular weight excluding hydrogens is 206 g/mol. The summed E-state index contributed by atoms with van der Waals surface area (Å²) in [7, 11) is 0. The van der Waals surface area contributed by atoms with E-state index in [-0.39, 0.29) is 5.97 Å². The number of rotatable bonds is 2. The highest BCUT2D eigenvalue weighted by Gasteiger charge is 2.12. The van der Waals surface area contributed by atoms with Gasteiger partial charge in [0.15, 0.2) is 11.3 Å². The van der Waals surface area contributed by atoms with E-state index >= 15 is 0 Å². The Labute approximate surface area is 92.0 Å². The molecular formula is C12H9NO3. The maximum absolute atomic E-state index is 11.2. The van der Waals surface area contributed by atoms with Crippen molar-refractivity contribution in [3.05, 3.63) is 30.0 Å². The summed E-state index contributed by atoms with van der Waals surface area (Å²) >= 11 is 0. The fourth-order valence-corrected chi connectivity index (χ4v) is 1.41. The fourth-order valence-electron chi connectivity index (χ4n) is 1.41. The van der Waals surface area contributed by atoms with Crippen LogP contribution in [0.5, 0.6) is 5.75 Å². The number of benzene rings is 1. The molecule has 4 heteroatoms. The predicted molar refractivity (Wildman–Crippen MR) is 56.9 cm³/mol. The number of nitriles is 1. The Kier molecular flexibility index (Phi) is 2.61. The number of hydrogen-bond donors (Lipinski definition) is 0. The quantitative estimate of drug-likeness (QED) is 0.570. The molecule has 2 rings (SSSR count). The van der Waals surface area contributed by atoms with E-state index in [1.165, 1.54) is 6.26 Å². The highest BCUT2D eigenvalue weighted by molar-refractivity contribution is 5.90. The van der Waals surface area contributed by atoms with Crippen molar-refractivity contribution in [3.63, 3.8) is 0 Å². The van der Waals surface area contributed by atoms with Crippen molar-refractivity contribution in [3.8, 4) is 11.8 Å². The lowest BCUT2D eigenvalue weighted by atomic mass is 10.1. The molecule has 0 N–H and O–H groups in total.